The van der Waals surface area contributed by atoms with E-state index < -0.39 is 0 Å². The zero-order valence-corrected chi connectivity index (χ0v) is 13.1. The lowest BCUT2D eigenvalue weighted by Gasteiger charge is -2.15. The van der Waals surface area contributed by atoms with Crippen LogP contribution in [0, 0.1) is 6.92 Å². The topological polar surface area (TPSA) is 32.3 Å². The van der Waals surface area contributed by atoms with Gasteiger partial charge in [0, 0.05) is 17.1 Å². The fourth-order valence-electron chi connectivity index (χ4n) is 1.84. The van der Waals surface area contributed by atoms with E-state index in [9.17, 15) is 4.79 Å². The first-order valence-electron chi connectivity index (χ1n) is 6.32. The quantitative estimate of drug-likeness (QED) is 0.911. The summed E-state index contributed by atoms with van der Waals surface area (Å²) in [4.78, 5) is 15.0. The Labute approximate surface area is 128 Å². The Balaban J connectivity index is 1.83. The summed E-state index contributed by atoms with van der Waals surface area (Å²) in [6, 6.07) is 11.6. The van der Waals surface area contributed by atoms with Crippen LogP contribution in [0.2, 0.25) is 4.34 Å². The molecule has 0 atom stereocenters. The molecular formula is C15H17ClN2OS. The van der Waals surface area contributed by atoms with E-state index in [2.05, 4.69) is 5.32 Å². The zero-order chi connectivity index (χ0) is 14.5. The molecule has 5 heteroatoms. The molecule has 0 spiro atoms. The lowest BCUT2D eigenvalue weighted by molar-refractivity contribution is -0.117. The second-order valence-corrected chi connectivity index (χ2v) is 6.59. The van der Waals surface area contributed by atoms with Crippen LogP contribution >= 0.6 is 22.9 Å². The number of halogens is 1. The molecule has 0 aliphatic rings. The van der Waals surface area contributed by atoms with Crippen LogP contribution < -0.4 is 5.32 Å². The third-order valence-corrected chi connectivity index (χ3v) is 4.02. The normalized spacial score (nSPS) is 10.8. The van der Waals surface area contributed by atoms with Crippen molar-refractivity contribution < 1.29 is 4.79 Å². The molecule has 0 radical (unpaired) electrons. The van der Waals surface area contributed by atoms with Crippen molar-refractivity contribution in [2.75, 3.05) is 18.9 Å². The molecule has 0 fully saturated rings. The molecule has 0 aliphatic heterocycles. The molecule has 20 heavy (non-hydrogen) atoms. The van der Waals surface area contributed by atoms with E-state index in [-0.39, 0.29) is 5.91 Å². The van der Waals surface area contributed by atoms with Gasteiger partial charge < -0.3 is 5.32 Å². The largest absolute Gasteiger partial charge is 0.325 e. The van der Waals surface area contributed by atoms with Gasteiger partial charge in [-0.05, 0) is 38.2 Å². The molecule has 1 amide bonds. The van der Waals surface area contributed by atoms with Crippen LogP contribution in [0.25, 0.3) is 0 Å². The number of aryl methyl sites for hydroxylation is 1. The van der Waals surface area contributed by atoms with Gasteiger partial charge in [0.2, 0.25) is 5.91 Å². The van der Waals surface area contributed by atoms with Crippen molar-refractivity contribution in [1.82, 2.24) is 4.90 Å². The predicted molar refractivity (Wildman–Crippen MR) is 85.5 cm³/mol. The van der Waals surface area contributed by atoms with E-state index in [1.807, 2.05) is 55.3 Å². The molecule has 2 rings (SSSR count). The minimum absolute atomic E-state index is 0.0148. The molecule has 1 aromatic carbocycles. The third-order valence-electron chi connectivity index (χ3n) is 2.80. The molecular weight excluding hydrogens is 292 g/mol. The number of anilines is 1. The second-order valence-electron chi connectivity index (χ2n) is 4.79. The minimum Gasteiger partial charge on any atom is -0.325 e. The van der Waals surface area contributed by atoms with Gasteiger partial charge in [-0.2, -0.15) is 0 Å². The lowest BCUT2D eigenvalue weighted by atomic mass is 10.2. The highest BCUT2D eigenvalue weighted by Gasteiger charge is 2.08. The maximum atomic E-state index is 11.9. The lowest BCUT2D eigenvalue weighted by Crippen LogP contribution is -2.29. The van der Waals surface area contributed by atoms with Crippen LogP contribution in [0.4, 0.5) is 5.69 Å². The van der Waals surface area contributed by atoms with Crippen molar-refractivity contribution >= 4 is 34.5 Å². The molecule has 0 saturated carbocycles. The van der Waals surface area contributed by atoms with Crippen LogP contribution in [0.3, 0.4) is 0 Å². The first-order valence-corrected chi connectivity index (χ1v) is 7.51. The smallest absolute Gasteiger partial charge is 0.238 e. The van der Waals surface area contributed by atoms with Crippen molar-refractivity contribution in [3.8, 4) is 0 Å². The van der Waals surface area contributed by atoms with E-state index in [1.165, 1.54) is 5.56 Å². The van der Waals surface area contributed by atoms with Gasteiger partial charge in [0.25, 0.3) is 0 Å². The Morgan fingerprint density at radius 1 is 1.25 bits per heavy atom. The molecule has 0 saturated heterocycles. The van der Waals surface area contributed by atoms with Crippen molar-refractivity contribution in [3.05, 3.63) is 51.2 Å². The van der Waals surface area contributed by atoms with E-state index in [0.29, 0.717) is 6.54 Å². The standard InChI is InChI=1S/C15H17ClN2OS/c1-11-3-5-12(6-4-11)17-15(19)10-18(2)9-13-7-8-14(16)20-13/h3-8H,9-10H2,1-2H3,(H,17,19). The minimum atomic E-state index is -0.0148. The van der Waals surface area contributed by atoms with Gasteiger partial charge in [-0.15, -0.1) is 11.3 Å². The summed E-state index contributed by atoms with van der Waals surface area (Å²) in [5.41, 5.74) is 2.00. The molecule has 0 unspecified atom stereocenters. The van der Waals surface area contributed by atoms with E-state index in [0.717, 1.165) is 21.4 Å². The number of hydrogen-bond donors (Lipinski definition) is 1. The summed E-state index contributed by atoms with van der Waals surface area (Å²) in [6.07, 6.45) is 0. The Morgan fingerprint density at radius 2 is 1.95 bits per heavy atom. The SMILES string of the molecule is Cc1ccc(NC(=O)CN(C)Cc2ccc(Cl)s2)cc1. The molecule has 3 nitrogen and oxygen atoms in total. The fraction of sp³-hybridized carbons (Fsp3) is 0.267. The Bertz CT molecular complexity index is 580. The zero-order valence-electron chi connectivity index (χ0n) is 11.5. The van der Waals surface area contributed by atoms with Crippen molar-refractivity contribution in [2.45, 2.75) is 13.5 Å². The molecule has 2 aromatic rings. The van der Waals surface area contributed by atoms with E-state index >= 15 is 0 Å². The van der Waals surface area contributed by atoms with Crippen molar-refractivity contribution in [2.24, 2.45) is 0 Å². The molecule has 0 aliphatic carbocycles. The van der Waals surface area contributed by atoms with Crippen molar-refractivity contribution in [1.29, 1.82) is 0 Å². The third kappa shape index (κ3) is 4.63. The predicted octanol–water partition coefficient (Wildman–Crippen LogP) is 3.78. The number of nitrogens with one attached hydrogen (secondary N) is 1. The van der Waals surface area contributed by atoms with Gasteiger partial charge in [0.1, 0.15) is 0 Å². The summed E-state index contributed by atoms with van der Waals surface area (Å²) >= 11 is 7.43. The summed E-state index contributed by atoms with van der Waals surface area (Å²) in [7, 11) is 1.92. The van der Waals surface area contributed by atoms with Gasteiger partial charge in [-0.25, -0.2) is 0 Å². The van der Waals surface area contributed by atoms with Crippen LogP contribution in [-0.2, 0) is 11.3 Å². The maximum absolute atomic E-state index is 11.9. The molecule has 1 aromatic heterocycles. The number of rotatable bonds is 5. The average molecular weight is 309 g/mol. The van der Waals surface area contributed by atoms with Gasteiger partial charge >= 0.3 is 0 Å². The molecule has 1 N–H and O–H groups in total. The number of thiophene rings is 1. The number of benzene rings is 1. The number of likely N-dealkylation sites (N-methyl/N-ethyl adjacent to an activating group) is 1. The number of carbonyl (C=O) groups excluding carboxylic acids is 1. The van der Waals surface area contributed by atoms with Crippen LogP contribution in [0.15, 0.2) is 36.4 Å². The van der Waals surface area contributed by atoms with Crippen LogP contribution in [0.5, 0.6) is 0 Å². The highest BCUT2D eigenvalue weighted by atomic mass is 35.5. The summed E-state index contributed by atoms with van der Waals surface area (Å²) in [5.74, 6) is -0.0148. The van der Waals surface area contributed by atoms with Gasteiger partial charge in [-0.3, -0.25) is 9.69 Å². The highest BCUT2D eigenvalue weighted by Crippen LogP contribution is 2.22. The first-order chi connectivity index (χ1) is 9.52. The highest BCUT2D eigenvalue weighted by molar-refractivity contribution is 7.16. The fourth-order valence-corrected chi connectivity index (χ4v) is 3.01. The van der Waals surface area contributed by atoms with Crippen LogP contribution in [0.1, 0.15) is 10.4 Å². The number of hydrogen-bond acceptors (Lipinski definition) is 3. The Kier molecular flexibility index (Phi) is 5.17. The average Bonchev–Trinajstić information content (AvgIpc) is 2.77. The van der Waals surface area contributed by atoms with E-state index in [4.69, 9.17) is 11.6 Å². The Hall–Kier alpha value is -1.36. The van der Waals surface area contributed by atoms with Crippen LogP contribution in [-0.4, -0.2) is 24.4 Å². The molecule has 0 bridgehead atoms. The first kappa shape index (κ1) is 15.0. The Morgan fingerprint density at radius 3 is 2.55 bits per heavy atom. The maximum Gasteiger partial charge on any atom is 0.238 e. The number of nitrogens with zero attached hydrogens (tertiary/aromatic N) is 1. The summed E-state index contributed by atoms with van der Waals surface area (Å²) in [5, 5.41) is 2.89. The monoisotopic (exact) mass is 308 g/mol. The van der Waals surface area contributed by atoms with Gasteiger partial charge in [-0.1, -0.05) is 29.3 Å². The van der Waals surface area contributed by atoms with Gasteiger partial charge in [0.05, 0.1) is 10.9 Å². The summed E-state index contributed by atoms with van der Waals surface area (Å²) in [6.45, 7) is 3.09. The number of amides is 1. The molecule has 106 valence electrons. The van der Waals surface area contributed by atoms with Gasteiger partial charge in [0.15, 0.2) is 0 Å². The molecule has 1 heterocycles. The van der Waals surface area contributed by atoms with Crippen molar-refractivity contribution in [3.63, 3.8) is 0 Å². The van der Waals surface area contributed by atoms with E-state index in [1.54, 1.807) is 11.3 Å². The second kappa shape index (κ2) is 6.88. The number of carbonyl (C=O) groups is 1. The summed E-state index contributed by atoms with van der Waals surface area (Å²) < 4.78 is 0.775.